The summed E-state index contributed by atoms with van der Waals surface area (Å²) in [6.07, 6.45) is 1.74. The lowest BCUT2D eigenvalue weighted by Gasteiger charge is -2.20. The van der Waals surface area contributed by atoms with Gasteiger partial charge in [0.1, 0.15) is 17.3 Å². The number of rotatable bonds is 10. The van der Waals surface area contributed by atoms with Crippen LogP contribution in [0.5, 0.6) is 5.75 Å². The molecule has 0 radical (unpaired) electrons. The molecule has 0 atom stereocenters. The molecule has 2 aromatic heterocycles. The van der Waals surface area contributed by atoms with Crippen LogP contribution in [-0.4, -0.2) is 70.1 Å². The predicted molar refractivity (Wildman–Crippen MR) is 202 cm³/mol. The molecule has 51 heavy (non-hydrogen) atoms. The van der Waals surface area contributed by atoms with Crippen molar-refractivity contribution < 1.29 is 27.4 Å². The molecule has 5 aromatic rings. The molecule has 3 aromatic carbocycles. The lowest BCUT2D eigenvalue weighted by molar-refractivity contribution is 0.0684. The van der Waals surface area contributed by atoms with Gasteiger partial charge in [-0.1, -0.05) is 57.5 Å². The quantitative estimate of drug-likeness (QED) is 0.143. The van der Waals surface area contributed by atoms with E-state index in [0.717, 1.165) is 40.5 Å². The highest BCUT2D eigenvalue weighted by Gasteiger charge is 2.32. The summed E-state index contributed by atoms with van der Waals surface area (Å²) in [6, 6.07) is 13.7. The number of carboxylic acids is 1. The minimum Gasteiger partial charge on any atom is -0.493 e. The number of fused-ring (bicyclic) bond motifs is 3. The Balaban J connectivity index is 0.000000943. The number of hydrogen-bond acceptors (Lipinski definition) is 6. The lowest BCUT2D eigenvalue weighted by Crippen LogP contribution is -2.33. The predicted octanol–water partition coefficient (Wildman–Crippen LogP) is 7.43. The molecule has 1 aliphatic heterocycles. The monoisotopic (exact) mass is 739 g/mol. The number of benzene rings is 3. The van der Waals surface area contributed by atoms with Crippen molar-refractivity contribution in [1.29, 1.82) is 0 Å². The molecule has 10 nitrogen and oxygen atoms in total. The van der Waals surface area contributed by atoms with Crippen LogP contribution in [0.15, 0.2) is 48.5 Å². The molecule has 0 spiro atoms. The van der Waals surface area contributed by atoms with Crippen molar-refractivity contribution in [2.45, 2.75) is 66.5 Å². The summed E-state index contributed by atoms with van der Waals surface area (Å²) in [5.74, 6) is -0.922. The molecular formula is C38H47ClFN5O5S. The van der Waals surface area contributed by atoms with Gasteiger partial charge in [0, 0.05) is 47.7 Å². The van der Waals surface area contributed by atoms with Gasteiger partial charge in [-0.3, -0.25) is 4.68 Å². The average molecular weight is 740 g/mol. The molecule has 0 saturated carbocycles. The van der Waals surface area contributed by atoms with Crippen molar-refractivity contribution in [3.63, 3.8) is 0 Å². The molecule has 274 valence electrons. The van der Waals surface area contributed by atoms with Crippen molar-refractivity contribution in [2.75, 3.05) is 32.0 Å². The van der Waals surface area contributed by atoms with E-state index in [1.807, 2.05) is 38.2 Å². The highest BCUT2D eigenvalue weighted by atomic mass is 35.5. The van der Waals surface area contributed by atoms with Crippen molar-refractivity contribution in [1.82, 2.24) is 24.0 Å². The van der Waals surface area contributed by atoms with Crippen LogP contribution < -0.4 is 10.1 Å². The van der Waals surface area contributed by atoms with E-state index < -0.39 is 16.0 Å². The number of ether oxygens (including phenoxy) is 1. The van der Waals surface area contributed by atoms with Crippen LogP contribution in [0.1, 0.15) is 68.0 Å². The molecule has 0 aliphatic carbocycles. The smallest absolute Gasteiger partial charge is 0.352 e. The molecule has 0 saturated heterocycles. The van der Waals surface area contributed by atoms with Crippen LogP contribution in [0, 0.1) is 5.82 Å². The molecule has 1 aliphatic rings. The maximum Gasteiger partial charge on any atom is 0.352 e. The topological polar surface area (TPSA) is 119 Å². The highest BCUT2D eigenvalue weighted by molar-refractivity contribution is 7.89. The Kier molecular flexibility index (Phi) is 12.4. The third kappa shape index (κ3) is 7.94. The first-order chi connectivity index (χ1) is 24.5. The van der Waals surface area contributed by atoms with E-state index in [0.29, 0.717) is 59.0 Å². The number of hydrogen-bond donors (Lipinski definition) is 2. The van der Waals surface area contributed by atoms with Gasteiger partial charge in [0.2, 0.25) is 10.0 Å². The summed E-state index contributed by atoms with van der Waals surface area (Å²) in [4.78, 5) is 13.0. The minimum atomic E-state index is -3.64. The summed E-state index contributed by atoms with van der Waals surface area (Å²) in [7, 11) is -1.81. The van der Waals surface area contributed by atoms with E-state index in [-0.39, 0.29) is 43.3 Å². The first kappa shape index (κ1) is 38.3. The number of aromatic nitrogens is 3. The number of aryl methyl sites for hydroxylation is 3. The van der Waals surface area contributed by atoms with Gasteiger partial charge >= 0.3 is 5.97 Å². The molecule has 13 heteroatoms. The molecule has 0 bridgehead atoms. The van der Waals surface area contributed by atoms with Crippen LogP contribution >= 0.6 is 11.6 Å². The van der Waals surface area contributed by atoms with Gasteiger partial charge in [0.25, 0.3) is 0 Å². The van der Waals surface area contributed by atoms with Gasteiger partial charge < -0.3 is 19.7 Å². The Hall–Kier alpha value is -3.97. The molecule has 0 fully saturated rings. The third-order valence-corrected chi connectivity index (χ3v) is 11.6. The number of aromatic carboxylic acids is 1. The van der Waals surface area contributed by atoms with E-state index in [1.165, 1.54) is 16.4 Å². The maximum absolute atomic E-state index is 13.8. The zero-order chi connectivity index (χ0) is 36.9. The molecule has 0 amide bonds. The molecular weight excluding hydrogens is 693 g/mol. The fraction of sp³-hybridized carbons (Fsp3) is 0.421. The number of carboxylic acid groups (broad SMARTS) is 1. The lowest BCUT2D eigenvalue weighted by atomic mass is 9.97. The van der Waals surface area contributed by atoms with Gasteiger partial charge in [-0.15, -0.1) is 0 Å². The number of sulfonamides is 1. The van der Waals surface area contributed by atoms with Crippen LogP contribution in [0.4, 0.5) is 4.39 Å². The van der Waals surface area contributed by atoms with Crippen molar-refractivity contribution in [3.8, 4) is 16.9 Å². The fourth-order valence-electron chi connectivity index (χ4n) is 7.02. The second kappa shape index (κ2) is 16.6. The van der Waals surface area contributed by atoms with Crippen molar-refractivity contribution in [3.05, 3.63) is 82.0 Å². The highest BCUT2D eigenvalue weighted by Crippen LogP contribution is 2.43. The minimum absolute atomic E-state index is 0.0895. The van der Waals surface area contributed by atoms with Crippen molar-refractivity contribution in [2.24, 2.45) is 7.05 Å². The Morgan fingerprint density at radius 1 is 1.06 bits per heavy atom. The third-order valence-electron chi connectivity index (χ3n) is 9.29. The largest absolute Gasteiger partial charge is 0.493 e. The second-order valence-electron chi connectivity index (χ2n) is 12.5. The van der Waals surface area contributed by atoms with Crippen LogP contribution in [-0.2, 0) is 43.0 Å². The number of nitrogens with zero attached hydrogens (tertiary/aromatic N) is 4. The van der Waals surface area contributed by atoms with Gasteiger partial charge in [-0.2, -0.15) is 9.40 Å². The first-order valence-electron chi connectivity index (χ1n) is 17.6. The zero-order valence-electron chi connectivity index (χ0n) is 29.9. The van der Waals surface area contributed by atoms with E-state index in [2.05, 4.69) is 19.2 Å². The van der Waals surface area contributed by atoms with E-state index in [4.69, 9.17) is 21.4 Å². The zero-order valence-corrected chi connectivity index (χ0v) is 31.5. The van der Waals surface area contributed by atoms with Crippen LogP contribution in [0.25, 0.3) is 32.8 Å². The summed E-state index contributed by atoms with van der Waals surface area (Å²) >= 11 is 6.98. The van der Waals surface area contributed by atoms with Gasteiger partial charge in [-0.05, 0) is 80.1 Å². The maximum atomic E-state index is 13.8. The standard InChI is InChI=1S/C34H36ClFN4O5S.C4H11N/c1-4-28-31-27(37-38(28)3)20-39(5-2)46(43,44)18-8-16-40-32-25(14-15-26(35)30(31)32)24(33(40)34(41)42)10-7-17-45-29-11-6-9-21-19-22(36)12-13-23(21)29;1-3-5-4-2/h6,9,11-15,19H,4-5,7-8,10,16-18,20H2,1-3H3,(H,41,42);5H,3-4H2,1-2H3. The van der Waals surface area contributed by atoms with Gasteiger partial charge in [0.15, 0.2) is 0 Å². The molecule has 3 heterocycles. The van der Waals surface area contributed by atoms with E-state index in [1.54, 1.807) is 28.3 Å². The Morgan fingerprint density at radius 2 is 1.80 bits per heavy atom. The Morgan fingerprint density at radius 3 is 2.47 bits per heavy atom. The molecule has 2 N–H and O–H groups in total. The summed E-state index contributed by atoms with van der Waals surface area (Å²) in [5, 5.41) is 21.2. The van der Waals surface area contributed by atoms with Crippen molar-refractivity contribution >= 4 is 49.3 Å². The number of halogens is 2. The van der Waals surface area contributed by atoms with Gasteiger partial charge in [0.05, 0.1) is 35.1 Å². The number of nitrogens with one attached hydrogen (secondary N) is 1. The number of carbonyl (C=O) groups is 1. The van der Waals surface area contributed by atoms with Crippen LogP contribution in [0.3, 0.4) is 0 Å². The second-order valence-corrected chi connectivity index (χ2v) is 15.0. The van der Waals surface area contributed by atoms with E-state index in [9.17, 15) is 22.7 Å². The summed E-state index contributed by atoms with van der Waals surface area (Å²) in [5.41, 5.74) is 4.30. The average Bonchev–Trinajstić information content (AvgIpc) is 3.58. The van der Waals surface area contributed by atoms with E-state index >= 15 is 0 Å². The van der Waals surface area contributed by atoms with Crippen LogP contribution in [0.2, 0.25) is 5.02 Å². The molecule has 6 rings (SSSR count). The Bertz CT molecular complexity index is 2140. The summed E-state index contributed by atoms with van der Waals surface area (Å²) in [6.45, 7) is 11.1. The summed E-state index contributed by atoms with van der Waals surface area (Å²) < 4.78 is 51.7. The first-order valence-corrected chi connectivity index (χ1v) is 19.6. The fourth-order valence-corrected chi connectivity index (χ4v) is 8.73. The Labute approximate surface area is 304 Å². The normalized spacial score (nSPS) is 14.5. The van der Waals surface area contributed by atoms with Gasteiger partial charge in [-0.25, -0.2) is 17.6 Å². The molecule has 0 unspecified atom stereocenters. The SMILES string of the molecule is CCNCC.CCc1c2c(nn1C)CN(CC)S(=O)(=O)CCCn1c(C(=O)O)c(CCCOc3cccc4cc(F)ccc34)c3ccc(Cl)c-2c31.